The Morgan fingerprint density at radius 1 is 0.842 bits per heavy atom. The molecule has 0 spiro atoms. The van der Waals surface area contributed by atoms with Crippen molar-refractivity contribution in [3.8, 4) is 0 Å². The number of aromatic nitrogens is 2. The summed E-state index contributed by atoms with van der Waals surface area (Å²) in [7, 11) is 0. The fourth-order valence-corrected chi connectivity index (χ4v) is 1.65. The lowest BCUT2D eigenvalue weighted by Gasteiger charge is -2.01. The maximum atomic E-state index is 4.22. The minimum Gasteiger partial charge on any atom is -0.261 e. The summed E-state index contributed by atoms with van der Waals surface area (Å²) in [5.41, 5.74) is 2.36. The summed E-state index contributed by atoms with van der Waals surface area (Å²) in [4.78, 5) is 8.40. The SMILES string of the molecule is CC(C)Cc1ccccn1.CC(C)c1ccccn1. The predicted octanol–water partition coefficient (Wildman–Crippen LogP) is 4.49. The van der Waals surface area contributed by atoms with Crippen LogP contribution in [-0.2, 0) is 6.42 Å². The molecule has 2 aromatic heterocycles. The van der Waals surface area contributed by atoms with Gasteiger partial charge in [-0.05, 0) is 42.5 Å². The molecule has 0 aliphatic carbocycles. The molecule has 2 rings (SSSR count). The fourth-order valence-electron chi connectivity index (χ4n) is 1.65. The van der Waals surface area contributed by atoms with Crippen LogP contribution in [-0.4, -0.2) is 9.97 Å². The predicted molar refractivity (Wildman–Crippen MR) is 81.1 cm³/mol. The summed E-state index contributed by atoms with van der Waals surface area (Å²) < 4.78 is 0. The Morgan fingerprint density at radius 3 is 1.84 bits per heavy atom. The Balaban J connectivity index is 0.000000191. The zero-order valence-corrected chi connectivity index (χ0v) is 12.4. The van der Waals surface area contributed by atoms with Crippen LogP contribution in [0.5, 0.6) is 0 Å². The molecular weight excluding hydrogens is 232 g/mol. The van der Waals surface area contributed by atoms with E-state index in [0.29, 0.717) is 11.8 Å². The fraction of sp³-hybridized carbons (Fsp3) is 0.412. The molecule has 0 N–H and O–H groups in total. The normalized spacial score (nSPS) is 10.2. The quantitative estimate of drug-likeness (QED) is 0.809. The van der Waals surface area contributed by atoms with Crippen LogP contribution in [0.25, 0.3) is 0 Å². The van der Waals surface area contributed by atoms with Crippen LogP contribution in [0.15, 0.2) is 48.8 Å². The van der Waals surface area contributed by atoms with E-state index in [1.54, 1.807) is 0 Å². The first kappa shape index (κ1) is 15.4. The van der Waals surface area contributed by atoms with E-state index in [0.717, 1.165) is 12.1 Å². The highest BCUT2D eigenvalue weighted by Crippen LogP contribution is 2.08. The molecule has 2 heteroatoms. The van der Waals surface area contributed by atoms with E-state index in [-0.39, 0.29) is 0 Å². The van der Waals surface area contributed by atoms with Gasteiger partial charge in [0, 0.05) is 23.8 Å². The number of hydrogen-bond donors (Lipinski definition) is 0. The van der Waals surface area contributed by atoms with Gasteiger partial charge in [-0.2, -0.15) is 0 Å². The van der Waals surface area contributed by atoms with Gasteiger partial charge in [0.2, 0.25) is 0 Å². The average Bonchev–Trinajstić information content (AvgIpc) is 2.41. The van der Waals surface area contributed by atoms with Crippen LogP contribution in [0.1, 0.15) is 45.0 Å². The molecule has 0 bridgehead atoms. The minimum absolute atomic E-state index is 0.547. The van der Waals surface area contributed by atoms with Gasteiger partial charge in [-0.15, -0.1) is 0 Å². The molecule has 0 amide bonds. The first-order chi connectivity index (χ1) is 9.09. The van der Waals surface area contributed by atoms with Gasteiger partial charge < -0.3 is 0 Å². The zero-order valence-electron chi connectivity index (χ0n) is 12.4. The van der Waals surface area contributed by atoms with Gasteiger partial charge in [-0.1, -0.05) is 39.8 Å². The molecule has 0 aliphatic heterocycles. The number of rotatable bonds is 3. The first-order valence-electron chi connectivity index (χ1n) is 6.90. The lowest BCUT2D eigenvalue weighted by Crippen LogP contribution is -1.95. The lowest BCUT2D eigenvalue weighted by atomic mass is 10.1. The largest absolute Gasteiger partial charge is 0.261 e. The summed E-state index contributed by atoms with van der Waals surface area (Å²) in [5, 5.41) is 0. The van der Waals surface area contributed by atoms with Gasteiger partial charge in [0.25, 0.3) is 0 Å². The molecule has 0 aliphatic rings. The summed E-state index contributed by atoms with van der Waals surface area (Å²) in [6.07, 6.45) is 4.76. The molecule has 0 aromatic carbocycles. The molecule has 2 heterocycles. The Morgan fingerprint density at radius 2 is 1.47 bits per heavy atom. The topological polar surface area (TPSA) is 25.8 Å². The third-order valence-electron chi connectivity index (χ3n) is 2.62. The maximum absolute atomic E-state index is 4.22. The average molecular weight is 256 g/mol. The number of pyridine rings is 2. The molecule has 0 atom stereocenters. The van der Waals surface area contributed by atoms with Gasteiger partial charge in [-0.3, -0.25) is 9.97 Å². The summed E-state index contributed by atoms with van der Waals surface area (Å²) >= 11 is 0. The van der Waals surface area contributed by atoms with E-state index in [1.165, 1.54) is 5.69 Å². The summed E-state index contributed by atoms with van der Waals surface area (Å²) in [6, 6.07) is 12.0. The van der Waals surface area contributed by atoms with Crippen LogP contribution < -0.4 is 0 Å². The number of hydrogen-bond acceptors (Lipinski definition) is 2. The molecule has 2 aromatic rings. The van der Waals surface area contributed by atoms with Crippen molar-refractivity contribution in [3.05, 3.63) is 60.2 Å². The van der Waals surface area contributed by atoms with Crippen molar-refractivity contribution in [1.82, 2.24) is 9.97 Å². The van der Waals surface area contributed by atoms with E-state index >= 15 is 0 Å². The molecule has 0 radical (unpaired) electrons. The van der Waals surface area contributed by atoms with E-state index < -0.39 is 0 Å². The smallest absolute Gasteiger partial charge is 0.0428 e. The third kappa shape index (κ3) is 6.70. The zero-order chi connectivity index (χ0) is 14.1. The van der Waals surface area contributed by atoms with Crippen LogP contribution in [0.4, 0.5) is 0 Å². The molecule has 0 saturated carbocycles. The first-order valence-corrected chi connectivity index (χ1v) is 6.90. The van der Waals surface area contributed by atoms with Gasteiger partial charge in [0.15, 0.2) is 0 Å². The summed E-state index contributed by atoms with van der Waals surface area (Å²) in [6.45, 7) is 8.69. The van der Waals surface area contributed by atoms with Crippen molar-refractivity contribution in [2.75, 3.05) is 0 Å². The Kier molecular flexibility index (Phi) is 6.80. The van der Waals surface area contributed by atoms with Crippen LogP contribution >= 0.6 is 0 Å². The van der Waals surface area contributed by atoms with Crippen LogP contribution in [0, 0.1) is 5.92 Å². The monoisotopic (exact) mass is 256 g/mol. The molecular formula is C17H24N2. The van der Waals surface area contributed by atoms with E-state index in [2.05, 4.69) is 43.7 Å². The van der Waals surface area contributed by atoms with Crippen molar-refractivity contribution in [2.45, 2.75) is 40.0 Å². The van der Waals surface area contributed by atoms with E-state index in [1.807, 2.05) is 42.7 Å². The van der Waals surface area contributed by atoms with Crippen LogP contribution in [0.3, 0.4) is 0 Å². The van der Waals surface area contributed by atoms with Gasteiger partial charge in [0.1, 0.15) is 0 Å². The van der Waals surface area contributed by atoms with Crippen molar-refractivity contribution < 1.29 is 0 Å². The van der Waals surface area contributed by atoms with Crippen LogP contribution in [0.2, 0.25) is 0 Å². The van der Waals surface area contributed by atoms with Gasteiger partial charge in [-0.25, -0.2) is 0 Å². The second-order valence-corrected chi connectivity index (χ2v) is 5.33. The second-order valence-electron chi connectivity index (χ2n) is 5.33. The highest BCUT2D eigenvalue weighted by atomic mass is 14.7. The molecule has 2 nitrogen and oxygen atoms in total. The highest BCUT2D eigenvalue weighted by molar-refractivity contribution is 5.06. The molecule has 0 unspecified atom stereocenters. The van der Waals surface area contributed by atoms with Crippen molar-refractivity contribution in [2.24, 2.45) is 5.92 Å². The Hall–Kier alpha value is -1.70. The Labute approximate surface area is 116 Å². The third-order valence-corrected chi connectivity index (χ3v) is 2.62. The molecule has 0 saturated heterocycles. The number of nitrogens with zero attached hydrogens (tertiary/aromatic N) is 2. The van der Waals surface area contributed by atoms with E-state index in [4.69, 9.17) is 0 Å². The Bertz CT molecular complexity index is 435. The van der Waals surface area contributed by atoms with Gasteiger partial charge >= 0.3 is 0 Å². The van der Waals surface area contributed by atoms with Crippen molar-refractivity contribution in [1.29, 1.82) is 0 Å². The van der Waals surface area contributed by atoms with Crippen molar-refractivity contribution in [3.63, 3.8) is 0 Å². The van der Waals surface area contributed by atoms with Crippen molar-refractivity contribution >= 4 is 0 Å². The minimum atomic E-state index is 0.547. The molecule has 0 fully saturated rings. The standard InChI is InChI=1S/C9H13N.C8H11N/c1-8(2)7-9-5-3-4-6-10-9;1-7(2)8-5-3-4-6-9-8/h3-6,8H,7H2,1-2H3;3-7H,1-2H3. The maximum Gasteiger partial charge on any atom is 0.0428 e. The second kappa shape index (κ2) is 8.41. The van der Waals surface area contributed by atoms with E-state index in [9.17, 15) is 0 Å². The lowest BCUT2D eigenvalue weighted by molar-refractivity contribution is 0.635. The van der Waals surface area contributed by atoms with Gasteiger partial charge in [0.05, 0.1) is 0 Å². The highest BCUT2D eigenvalue weighted by Gasteiger charge is 1.96. The molecule has 19 heavy (non-hydrogen) atoms. The molecule has 102 valence electrons. The summed E-state index contributed by atoms with van der Waals surface area (Å²) in [5.74, 6) is 1.25.